The number of rotatable bonds is 1. The highest BCUT2D eigenvalue weighted by Crippen LogP contribution is 2.23. The maximum absolute atomic E-state index is 5.16. The molecule has 58 valence electrons. The van der Waals surface area contributed by atoms with Gasteiger partial charge in [-0.3, -0.25) is 0 Å². The maximum atomic E-state index is 5.16. The van der Waals surface area contributed by atoms with Crippen LogP contribution in [0.25, 0.3) is 0 Å². The van der Waals surface area contributed by atoms with Gasteiger partial charge in [0.05, 0.1) is 4.99 Å². The zero-order valence-electron chi connectivity index (χ0n) is 6.52. The topological polar surface area (TPSA) is 12.0 Å². The van der Waals surface area contributed by atoms with Gasteiger partial charge < -0.3 is 5.32 Å². The average molecular weight is 157 g/mol. The Bertz CT molecular complexity index is 116. The van der Waals surface area contributed by atoms with Gasteiger partial charge in [0.1, 0.15) is 0 Å². The Labute approximate surface area is 68.2 Å². The van der Waals surface area contributed by atoms with Crippen LogP contribution >= 0.6 is 12.2 Å². The lowest BCUT2D eigenvalue weighted by atomic mass is 9.89. The fourth-order valence-corrected chi connectivity index (χ4v) is 1.80. The maximum Gasteiger partial charge on any atom is 0.0782 e. The van der Waals surface area contributed by atoms with Crippen LogP contribution in [0.5, 0.6) is 0 Å². The molecule has 1 nitrogen and oxygen atoms in total. The zero-order valence-corrected chi connectivity index (χ0v) is 7.34. The molecule has 1 aliphatic carbocycles. The van der Waals surface area contributed by atoms with Crippen LogP contribution in [0.3, 0.4) is 0 Å². The summed E-state index contributed by atoms with van der Waals surface area (Å²) in [5.74, 6) is 0.689. The van der Waals surface area contributed by atoms with Crippen LogP contribution in [0.1, 0.15) is 32.1 Å². The van der Waals surface area contributed by atoms with E-state index in [1.807, 2.05) is 7.05 Å². The van der Waals surface area contributed by atoms with Crippen molar-refractivity contribution in [3.05, 3.63) is 0 Å². The predicted molar refractivity (Wildman–Crippen MR) is 48.2 cm³/mol. The summed E-state index contributed by atoms with van der Waals surface area (Å²) in [6.45, 7) is 0. The van der Waals surface area contributed by atoms with Gasteiger partial charge in [0, 0.05) is 13.0 Å². The minimum absolute atomic E-state index is 0.689. The Morgan fingerprint density at radius 2 is 1.90 bits per heavy atom. The Balaban J connectivity index is 2.31. The van der Waals surface area contributed by atoms with E-state index in [0.29, 0.717) is 5.92 Å². The van der Waals surface area contributed by atoms with Crippen LogP contribution in [-0.2, 0) is 0 Å². The molecule has 1 fully saturated rings. The van der Waals surface area contributed by atoms with Gasteiger partial charge in [0.25, 0.3) is 0 Å². The zero-order chi connectivity index (χ0) is 7.40. The van der Waals surface area contributed by atoms with Crippen molar-refractivity contribution in [1.82, 2.24) is 5.32 Å². The average Bonchev–Trinajstić information content (AvgIpc) is 2.05. The van der Waals surface area contributed by atoms with E-state index in [2.05, 4.69) is 5.32 Å². The molecule has 0 spiro atoms. The molecule has 0 atom stereocenters. The van der Waals surface area contributed by atoms with Crippen LogP contribution in [0.2, 0.25) is 0 Å². The molecular weight excluding hydrogens is 142 g/mol. The Kier molecular flexibility index (Phi) is 3.13. The molecule has 0 amide bonds. The fourth-order valence-electron chi connectivity index (χ4n) is 1.57. The first-order chi connectivity index (χ1) is 4.84. The lowest BCUT2D eigenvalue weighted by molar-refractivity contribution is 0.437. The van der Waals surface area contributed by atoms with E-state index < -0.39 is 0 Å². The van der Waals surface area contributed by atoms with E-state index in [1.54, 1.807) is 0 Å². The third kappa shape index (κ3) is 1.94. The van der Waals surface area contributed by atoms with Crippen molar-refractivity contribution in [3.8, 4) is 0 Å². The van der Waals surface area contributed by atoms with Crippen LogP contribution in [-0.4, -0.2) is 12.0 Å². The summed E-state index contributed by atoms with van der Waals surface area (Å²) >= 11 is 5.16. The van der Waals surface area contributed by atoms with Gasteiger partial charge >= 0.3 is 0 Å². The molecule has 1 N–H and O–H groups in total. The van der Waals surface area contributed by atoms with Crippen LogP contribution in [0.4, 0.5) is 0 Å². The highest BCUT2D eigenvalue weighted by molar-refractivity contribution is 7.80. The smallest absolute Gasteiger partial charge is 0.0782 e. The summed E-state index contributed by atoms with van der Waals surface area (Å²) in [5.41, 5.74) is 0. The molecule has 0 radical (unpaired) electrons. The van der Waals surface area contributed by atoms with Crippen LogP contribution in [0, 0.1) is 5.92 Å². The van der Waals surface area contributed by atoms with Crippen molar-refractivity contribution in [3.63, 3.8) is 0 Å². The largest absolute Gasteiger partial charge is 0.383 e. The van der Waals surface area contributed by atoms with E-state index in [-0.39, 0.29) is 0 Å². The molecule has 0 aliphatic heterocycles. The Morgan fingerprint density at radius 3 is 2.40 bits per heavy atom. The highest BCUT2D eigenvalue weighted by Gasteiger charge is 2.16. The summed E-state index contributed by atoms with van der Waals surface area (Å²) in [4.78, 5) is 1.07. The fraction of sp³-hybridized carbons (Fsp3) is 0.875. The first-order valence-corrected chi connectivity index (χ1v) is 4.47. The third-order valence-electron chi connectivity index (χ3n) is 2.22. The minimum atomic E-state index is 0.689. The van der Waals surface area contributed by atoms with Crippen molar-refractivity contribution >= 4 is 17.2 Å². The van der Waals surface area contributed by atoms with Crippen molar-refractivity contribution in [2.45, 2.75) is 32.1 Å². The van der Waals surface area contributed by atoms with E-state index in [1.165, 1.54) is 32.1 Å². The quantitative estimate of drug-likeness (QED) is 0.585. The lowest BCUT2D eigenvalue weighted by Crippen LogP contribution is -2.26. The molecule has 10 heavy (non-hydrogen) atoms. The molecule has 0 aromatic heterocycles. The van der Waals surface area contributed by atoms with E-state index >= 15 is 0 Å². The van der Waals surface area contributed by atoms with Crippen LogP contribution in [0.15, 0.2) is 0 Å². The molecular formula is C8H15NS. The van der Waals surface area contributed by atoms with Gasteiger partial charge in [-0.2, -0.15) is 0 Å². The molecule has 0 aromatic rings. The molecule has 0 unspecified atom stereocenters. The third-order valence-corrected chi connectivity index (χ3v) is 2.76. The summed E-state index contributed by atoms with van der Waals surface area (Å²) < 4.78 is 0. The SMILES string of the molecule is CNC(=S)C1CCCCC1. The van der Waals surface area contributed by atoms with Gasteiger partial charge in [-0.25, -0.2) is 0 Å². The van der Waals surface area contributed by atoms with Crippen LogP contribution < -0.4 is 5.32 Å². The summed E-state index contributed by atoms with van der Waals surface area (Å²) in [6, 6.07) is 0. The first kappa shape index (κ1) is 7.99. The number of hydrogen-bond acceptors (Lipinski definition) is 1. The summed E-state index contributed by atoms with van der Waals surface area (Å²) in [5, 5.41) is 3.07. The Morgan fingerprint density at radius 1 is 1.30 bits per heavy atom. The monoisotopic (exact) mass is 157 g/mol. The van der Waals surface area contributed by atoms with Crippen molar-refractivity contribution in [1.29, 1.82) is 0 Å². The van der Waals surface area contributed by atoms with Gasteiger partial charge in [0.2, 0.25) is 0 Å². The minimum Gasteiger partial charge on any atom is -0.383 e. The normalized spacial score (nSPS) is 20.5. The molecule has 1 aliphatic rings. The molecule has 0 bridgehead atoms. The number of hydrogen-bond donors (Lipinski definition) is 1. The standard InChI is InChI=1S/C8H15NS/c1-9-8(10)7-5-3-2-4-6-7/h7H,2-6H2,1H3,(H,9,10). The predicted octanol–water partition coefficient (Wildman–Crippen LogP) is 2.11. The van der Waals surface area contributed by atoms with Gasteiger partial charge in [-0.05, 0) is 12.8 Å². The highest BCUT2D eigenvalue weighted by atomic mass is 32.1. The van der Waals surface area contributed by atoms with Gasteiger partial charge in [0.15, 0.2) is 0 Å². The summed E-state index contributed by atoms with van der Waals surface area (Å²) in [7, 11) is 1.93. The number of nitrogens with one attached hydrogen (secondary N) is 1. The second-order valence-corrected chi connectivity index (χ2v) is 3.39. The van der Waals surface area contributed by atoms with E-state index in [4.69, 9.17) is 12.2 Å². The second-order valence-electron chi connectivity index (χ2n) is 2.95. The Hall–Kier alpha value is -0.110. The second kappa shape index (κ2) is 3.91. The molecule has 0 saturated heterocycles. The van der Waals surface area contributed by atoms with Crippen molar-refractivity contribution in [2.75, 3.05) is 7.05 Å². The molecule has 2 heteroatoms. The molecule has 1 saturated carbocycles. The number of thiocarbonyl (C=S) groups is 1. The van der Waals surface area contributed by atoms with E-state index in [0.717, 1.165) is 4.99 Å². The molecule has 1 rings (SSSR count). The first-order valence-electron chi connectivity index (χ1n) is 4.06. The van der Waals surface area contributed by atoms with Crippen molar-refractivity contribution < 1.29 is 0 Å². The summed E-state index contributed by atoms with van der Waals surface area (Å²) in [6.07, 6.45) is 6.75. The van der Waals surface area contributed by atoms with E-state index in [9.17, 15) is 0 Å². The molecule has 0 aromatic carbocycles. The van der Waals surface area contributed by atoms with Crippen molar-refractivity contribution in [2.24, 2.45) is 5.92 Å². The molecule has 0 heterocycles. The lowest BCUT2D eigenvalue weighted by Gasteiger charge is -2.21. The van der Waals surface area contributed by atoms with Gasteiger partial charge in [-0.1, -0.05) is 31.5 Å². The van der Waals surface area contributed by atoms with Gasteiger partial charge in [-0.15, -0.1) is 0 Å².